The molecule has 2 fully saturated rings. The van der Waals surface area contributed by atoms with Gasteiger partial charge in [-0.3, -0.25) is 34.0 Å². The van der Waals surface area contributed by atoms with Gasteiger partial charge in [-0.15, -0.1) is 0 Å². The third-order valence-corrected chi connectivity index (χ3v) is 9.55. The van der Waals surface area contributed by atoms with E-state index in [0.29, 0.717) is 50.8 Å². The van der Waals surface area contributed by atoms with Crippen LogP contribution in [-0.4, -0.2) is 70.5 Å². The Balaban J connectivity index is 1.51. The lowest BCUT2D eigenvalue weighted by molar-refractivity contribution is -0.170. The Morgan fingerprint density at radius 2 is 1.73 bits per heavy atom. The molecule has 3 aliphatic rings. The number of rotatable bonds is 3. The Bertz CT molecular complexity index is 1580. The average molecular weight is 662 g/mol. The first kappa shape index (κ1) is 35.0. The van der Waals surface area contributed by atoms with Gasteiger partial charge in [-0.25, -0.2) is 5.43 Å². The second kappa shape index (κ2) is 14.8. The number of cyclic esters (lactones) is 1. The zero-order valence-electron chi connectivity index (χ0n) is 28.4. The zero-order valence-corrected chi connectivity index (χ0v) is 28.4. The summed E-state index contributed by atoms with van der Waals surface area (Å²) >= 11 is 0. The fourth-order valence-corrected chi connectivity index (χ4v) is 6.52. The van der Waals surface area contributed by atoms with E-state index >= 15 is 0 Å². The number of amides is 3. The van der Waals surface area contributed by atoms with Crippen LogP contribution in [-0.2, 0) is 33.4 Å². The number of aromatic nitrogens is 1. The summed E-state index contributed by atoms with van der Waals surface area (Å²) in [6.45, 7) is 9.11. The van der Waals surface area contributed by atoms with E-state index < -0.39 is 47.4 Å². The highest BCUT2D eigenvalue weighted by atomic mass is 16.6. The molecule has 5 bridgehead atoms. The molecule has 12 nitrogen and oxygen atoms in total. The number of esters is 2. The SMILES string of the molecule is CCC(=O)OC1CCC2(/C=C/c3ccc4ccc(nc4c3)[C@@H](C)NC(=O)[C@@H]3CCCN(N3)C(=O)[C@H](C)NC(=O)[C@H](C(C)C)OC2=O)CC1. The predicted molar refractivity (Wildman–Crippen MR) is 179 cm³/mol. The van der Waals surface area contributed by atoms with Gasteiger partial charge in [0.25, 0.3) is 11.8 Å². The maximum absolute atomic E-state index is 14.1. The van der Waals surface area contributed by atoms with Crippen molar-refractivity contribution in [3.63, 3.8) is 0 Å². The number of pyridine rings is 1. The Kier molecular flexibility index (Phi) is 10.8. The quantitative estimate of drug-likeness (QED) is 0.416. The molecule has 1 saturated heterocycles. The van der Waals surface area contributed by atoms with Crippen LogP contribution in [0.15, 0.2) is 36.4 Å². The van der Waals surface area contributed by atoms with Crippen molar-refractivity contribution < 1.29 is 33.4 Å². The van der Waals surface area contributed by atoms with E-state index in [9.17, 15) is 24.0 Å². The van der Waals surface area contributed by atoms with Gasteiger partial charge in [0.2, 0.25) is 5.91 Å². The van der Waals surface area contributed by atoms with Crippen molar-refractivity contribution in [3.8, 4) is 0 Å². The lowest BCUT2D eigenvalue weighted by Gasteiger charge is -2.37. The van der Waals surface area contributed by atoms with E-state index in [1.165, 1.54) is 5.01 Å². The summed E-state index contributed by atoms with van der Waals surface area (Å²) in [5.74, 6) is -2.45. The number of nitrogens with zero attached hydrogens (tertiary/aromatic N) is 2. The van der Waals surface area contributed by atoms with Gasteiger partial charge in [0.15, 0.2) is 6.10 Å². The van der Waals surface area contributed by atoms with Crippen LogP contribution in [0.1, 0.15) is 96.9 Å². The monoisotopic (exact) mass is 661 g/mol. The van der Waals surface area contributed by atoms with Gasteiger partial charge in [-0.2, -0.15) is 0 Å². The van der Waals surface area contributed by atoms with Gasteiger partial charge in [0.05, 0.1) is 22.7 Å². The first-order valence-corrected chi connectivity index (χ1v) is 17.1. The standard InChI is InChI=1S/C36H47N5O7/c1-6-30(42)47-26-14-17-36(18-15-26)16-13-24-9-10-25-11-12-27(39-29(25)20-24)22(4)37-32(43)28-8-7-19-41(40-28)34(45)23(5)38-33(44)31(21(2)3)48-35(36)46/h9-13,16,20-23,26,28,31,40H,6-8,14-15,17-19H2,1-5H3,(H,37,43)(H,38,44)/b16-13+/t22-,23+,26?,28+,31+,36?/m1/s1. The molecule has 1 spiro atoms. The number of fused-ring (bicyclic) bond motifs is 4. The van der Waals surface area contributed by atoms with Gasteiger partial charge in [-0.05, 0) is 76.0 Å². The van der Waals surface area contributed by atoms with Crippen LogP contribution in [0.4, 0.5) is 0 Å². The summed E-state index contributed by atoms with van der Waals surface area (Å²) in [5.41, 5.74) is 4.19. The van der Waals surface area contributed by atoms with Gasteiger partial charge in [0.1, 0.15) is 18.2 Å². The molecule has 1 saturated carbocycles. The van der Waals surface area contributed by atoms with Crippen LogP contribution < -0.4 is 16.1 Å². The summed E-state index contributed by atoms with van der Waals surface area (Å²) in [6, 6.07) is 7.68. The first-order valence-electron chi connectivity index (χ1n) is 17.1. The maximum atomic E-state index is 14.1. The number of nitrogens with one attached hydrogen (secondary N) is 3. The van der Waals surface area contributed by atoms with Crippen molar-refractivity contribution in [2.24, 2.45) is 11.3 Å². The van der Waals surface area contributed by atoms with Crippen LogP contribution >= 0.6 is 0 Å². The summed E-state index contributed by atoms with van der Waals surface area (Å²) in [7, 11) is 0. The van der Waals surface area contributed by atoms with Crippen molar-refractivity contribution in [1.29, 1.82) is 0 Å². The van der Waals surface area contributed by atoms with Crippen LogP contribution in [0, 0.1) is 11.3 Å². The van der Waals surface area contributed by atoms with E-state index in [0.717, 1.165) is 16.5 Å². The average Bonchev–Trinajstić information content (AvgIpc) is 3.08. The number of ether oxygens (including phenoxy) is 2. The molecule has 3 amide bonds. The minimum Gasteiger partial charge on any atom is -0.462 e. The topological polar surface area (TPSA) is 156 Å². The van der Waals surface area contributed by atoms with Gasteiger partial charge in [-0.1, -0.05) is 51.1 Å². The van der Waals surface area contributed by atoms with E-state index in [-0.39, 0.29) is 30.3 Å². The van der Waals surface area contributed by atoms with E-state index in [2.05, 4.69) is 16.1 Å². The van der Waals surface area contributed by atoms with Gasteiger partial charge >= 0.3 is 11.9 Å². The van der Waals surface area contributed by atoms with Crippen molar-refractivity contribution in [1.82, 2.24) is 26.1 Å². The minimum atomic E-state index is -1.15. The highest BCUT2D eigenvalue weighted by Crippen LogP contribution is 2.41. The number of hydrogen-bond acceptors (Lipinski definition) is 9. The molecule has 2 aromatic rings. The zero-order chi connectivity index (χ0) is 34.6. The van der Waals surface area contributed by atoms with Crippen molar-refractivity contribution in [2.75, 3.05) is 6.54 Å². The molecule has 5 rings (SSSR count). The Hall–Kier alpha value is -4.32. The van der Waals surface area contributed by atoms with Crippen LogP contribution in [0.3, 0.4) is 0 Å². The molecule has 12 heteroatoms. The molecule has 3 N–H and O–H groups in total. The second-order valence-corrected chi connectivity index (χ2v) is 13.6. The summed E-state index contributed by atoms with van der Waals surface area (Å²) in [4.78, 5) is 71.2. The summed E-state index contributed by atoms with van der Waals surface area (Å²) < 4.78 is 11.6. The Morgan fingerprint density at radius 1 is 1.02 bits per heavy atom. The van der Waals surface area contributed by atoms with E-state index in [4.69, 9.17) is 14.5 Å². The molecular formula is C36H47N5O7. The van der Waals surface area contributed by atoms with E-state index in [1.807, 2.05) is 49.4 Å². The number of hydrogen-bond donors (Lipinski definition) is 3. The van der Waals surface area contributed by atoms with Crippen LogP contribution in [0.2, 0.25) is 0 Å². The van der Waals surface area contributed by atoms with Gasteiger partial charge in [0, 0.05) is 18.4 Å². The lowest BCUT2D eigenvalue weighted by atomic mass is 9.72. The van der Waals surface area contributed by atoms with Gasteiger partial charge < -0.3 is 20.1 Å². The van der Waals surface area contributed by atoms with E-state index in [1.54, 1.807) is 27.7 Å². The third-order valence-electron chi connectivity index (χ3n) is 9.55. The lowest BCUT2D eigenvalue weighted by Crippen LogP contribution is -2.61. The summed E-state index contributed by atoms with van der Waals surface area (Å²) in [5, 5.41) is 8.06. The first-order chi connectivity index (χ1) is 22.9. The molecule has 1 aromatic carbocycles. The fraction of sp³-hybridized carbons (Fsp3) is 0.556. The molecule has 1 aromatic heterocycles. The Labute approximate surface area is 281 Å². The molecule has 0 unspecified atom stereocenters. The normalized spacial score (nSPS) is 29.7. The fourth-order valence-electron chi connectivity index (χ4n) is 6.52. The highest BCUT2D eigenvalue weighted by molar-refractivity contribution is 5.92. The van der Waals surface area contributed by atoms with Crippen molar-refractivity contribution in [2.45, 2.75) is 110 Å². The van der Waals surface area contributed by atoms with Crippen LogP contribution in [0.25, 0.3) is 17.0 Å². The molecule has 0 radical (unpaired) electrons. The summed E-state index contributed by atoms with van der Waals surface area (Å²) in [6.07, 6.45) is 5.31. The number of carbonyl (C=O) groups is 5. The van der Waals surface area contributed by atoms with Crippen molar-refractivity contribution in [3.05, 3.63) is 47.7 Å². The molecule has 3 heterocycles. The smallest absolute Gasteiger partial charge is 0.316 e. The molecule has 4 atom stereocenters. The minimum absolute atomic E-state index is 0.252. The molecule has 48 heavy (non-hydrogen) atoms. The highest BCUT2D eigenvalue weighted by Gasteiger charge is 2.44. The third kappa shape index (κ3) is 7.86. The Morgan fingerprint density at radius 3 is 2.44 bits per heavy atom. The number of hydrazine groups is 1. The molecule has 1 aliphatic carbocycles. The molecular weight excluding hydrogens is 614 g/mol. The second-order valence-electron chi connectivity index (χ2n) is 13.6. The number of benzene rings is 1. The molecule has 2 aliphatic heterocycles. The van der Waals surface area contributed by atoms with Crippen molar-refractivity contribution >= 4 is 46.6 Å². The number of carbonyl (C=O) groups excluding carboxylic acids is 5. The molecule has 258 valence electrons. The maximum Gasteiger partial charge on any atom is 0.316 e. The predicted octanol–water partition coefficient (Wildman–Crippen LogP) is 3.89. The van der Waals surface area contributed by atoms with Crippen LogP contribution in [0.5, 0.6) is 0 Å². The largest absolute Gasteiger partial charge is 0.462 e.